The summed E-state index contributed by atoms with van der Waals surface area (Å²) in [6, 6.07) is 0. The Kier molecular flexibility index (Phi) is 0.640. The van der Waals surface area contributed by atoms with Gasteiger partial charge in [0.25, 0.3) is 0 Å². The van der Waals surface area contributed by atoms with Crippen LogP contribution < -0.4 is 0 Å². The van der Waals surface area contributed by atoms with Crippen LogP contribution in [0.25, 0.3) is 0 Å². The van der Waals surface area contributed by atoms with Gasteiger partial charge >= 0.3 is 0 Å². The van der Waals surface area contributed by atoms with E-state index >= 15 is 0 Å². The second kappa shape index (κ2) is 1.21. The quantitative estimate of drug-likeness (QED) is 0.463. The van der Waals surface area contributed by atoms with Gasteiger partial charge in [0, 0.05) is 0 Å². The first-order valence-corrected chi connectivity index (χ1v) is 4.43. The lowest BCUT2D eigenvalue weighted by Gasteiger charge is -2.04. The summed E-state index contributed by atoms with van der Waals surface area (Å²) in [5, 5.41) is 0. The molecule has 0 aromatic rings. The van der Waals surface area contributed by atoms with Gasteiger partial charge in [0.05, 0.1) is 0 Å². The number of hydrogen-bond donors (Lipinski definition) is 0. The number of rotatable bonds is 0. The number of hydrogen-bond acceptors (Lipinski definition) is 0. The van der Waals surface area contributed by atoms with E-state index in [0.29, 0.717) is 0 Å². The molecule has 3 aliphatic carbocycles. The van der Waals surface area contributed by atoms with E-state index in [9.17, 15) is 0 Å². The average Bonchev–Trinajstić information content (AvgIpc) is 2.23. The van der Waals surface area contributed by atoms with Crippen LogP contribution in [-0.2, 0) is 0 Å². The van der Waals surface area contributed by atoms with Crippen molar-refractivity contribution in [1.82, 2.24) is 0 Å². The fourth-order valence-electron chi connectivity index (χ4n) is 3.52. The molecule has 0 amide bonds. The first-order chi connectivity index (χ1) is 4.43. The molecule has 3 fully saturated rings. The van der Waals surface area contributed by atoms with E-state index in [2.05, 4.69) is 0 Å². The van der Waals surface area contributed by atoms with Crippen LogP contribution in [-0.4, -0.2) is 0 Å². The normalized spacial score (nSPS) is 50.7. The molecule has 2 unspecified atom stereocenters. The molecule has 0 heterocycles. The van der Waals surface area contributed by atoms with E-state index in [-0.39, 0.29) is 0 Å². The van der Waals surface area contributed by atoms with Crippen molar-refractivity contribution in [2.24, 2.45) is 17.3 Å². The molecule has 0 heteroatoms. The number of fused-ring (bicyclic) bond motifs is 3. The lowest BCUT2D eigenvalue weighted by atomic mass is 10.0. The molecule has 0 saturated heterocycles. The lowest BCUT2D eigenvalue weighted by Crippen LogP contribution is -1.93. The Morgan fingerprint density at radius 1 is 0.889 bits per heavy atom. The Hall–Kier alpha value is 0. The molecule has 0 aromatic heterocycles. The standard InChI is InChI=1S/C9H14/c1-2-6-9(5-1)7-3-4-8(7)9/h7-8H,1-6H2. The molecular formula is C9H14. The van der Waals surface area contributed by atoms with Crippen LogP contribution in [0.2, 0.25) is 0 Å². The van der Waals surface area contributed by atoms with Crippen LogP contribution in [0.3, 0.4) is 0 Å². The zero-order valence-corrected chi connectivity index (χ0v) is 5.90. The third-order valence-electron chi connectivity index (χ3n) is 4.18. The molecule has 3 saturated carbocycles. The molecular weight excluding hydrogens is 108 g/mol. The highest BCUT2D eigenvalue weighted by Gasteiger charge is 2.68. The topological polar surface area (TPSA) is 0 Å². The second-order valence-electron chi connectivity index (χ2n) is 4.23. The first-order valence-electron chi connectivity index (χ1n) is 4.43. The predicted molar refractivity (Wildman–Crippen MR) is 37.1 cm³/mol. The Balaban J connectivity index is 1.89. The van der Waals surface area contributed by atoms with Gasteiger partial charge in [0.15, 0.2) is 0 Å². The lowest BCUT2D eigenvalue weighted by molar-refractivity contribution is 0.468. The summed E-state index contributed by atoms with van der Waals surface area (Å²) in [6.45, 7) is 0. The van der Waals surface area contributed by atoms with Gasteiger partial charge in [-0.15, -0.1) is 0 Å². The third kappa shape index (κ3) is 0.367. The van der Waals surface area contributed by atoms with Gasteiger partial charge in [-0.3, -0.25) is 0 Å². The maximum atomic E-state index is 1.60. The Bertz CT molecular complexity index is 130. The summed E-state index contributed by atoms with van der Waals surface area (Å²) in [5.74, 6) is 2.47. The van der Waals surface area contributed by atoms with Crippen molar-refractivity contribution in [3.8, 4) is 0 Å². The zero-order valence-electron chi connectivity index (χ0n) is 5.90. The first kappa shape index (κ1) is 4.76. The van der Waals surface area contributed by atoms with Crippen LogP contribution >= 0.6 is 0 Å². The highest BCUT2D eigenvalue weighted by Crippen LogP contribution is 2.76. The predicted octanol–water partition coefficient (Wildman–Crippen LogP) is 2.59. The fraction of sp³-hybridized carbons (Fsp3) is 1.00. The van der Waals surface area contributed by atoms with Crippen molar-refractivity contribution in [2.45, 2.75) is 38.5 Å². The molecule has 3 aliphatic rings. The summed E-state index contributed by atoms with van der Waals surface area (Å²) in [5.41, 5.74) is 0.972. The van der Waals surface area contributed by atoms with Gasteiger partial charge in [0.2, 0.25) is 0 Å². The minimum atomic E-state index is 0.972. The summed E-state index contributed by atoms with van der Waals surface area (Å²) < 4.78 is 0. The van der Waals surface area contributed by atoms with Crippen LogP contribution in [0, 0.1) is 17.3 Å². The molecule has 0 aliphatic heterocycles. The van der Waals surface area contributed by atoms with Crippen molar-refractivity contribution in [3.63, 3.8) is 0 Å². The highest BCUT2D eigenvalue weighted by molar-refractivity contribution is 5.17. The van der Waals surface area contributed by atoms with Gasteiger partial charge < -0.3 is 0 Å². The molecule has 50 valence electrons. The van der Waals surface area contributed by atoms with E-state index in [1.54, 1.807) is 38.5 Å². The zero-order chi connectivity index (χ0) is 5.90. The Morgan fingerprint density at radius 3 is 1.89 bits per heavy atom. The van der Waals surface area contributed by atoms with Crippen molar-refractivity contribution in [1.29, 1.82) is 0 Å². The molecule has 3 rings (SSSR count). The molecule has 0 bridgehead atoms. The SMILES string of the molecule is C1CCC2(C1)C1CCC12. The molecule has 0 nitrogen and oxygen atoms in total. The van der Waals surface area contributed by atoms with Gasteiger partial charge in [-0.25, -0.2) is 0 Å². The molecule has 2 atom stereocenters. The van der Waals surface area contributed by atoms with E-state index in [1.165, 1.54) is 11.8 Å². The summed E-state index contributed by atoms with van der Waals surface area (Å²) in [7, 11) is 0. The molecule has 0 N–H and O–H groups in total. The van der Waals surface area contributed by atoms with E-state index < -0.39 is 0 Å². The Morgan fingerprint density at radius 2 is 1.44 bits per heavy atom. The van der Waals surface area contributed by atoms with Crippen LogP contribution in [0.15, 0.2) is 0 Å². The summed E-state index contributed by atoms with van der Waals surface area (Å²) >= 11 is 0. The molecule has 9 heavy (non-hydrogen) atoms. The minimum absolute atomic E-state index is 0.972. The molecule has 0 aromatic carbocycles. The fourth-order valence-corrected chi connectivity index (χ4v) is 3.52. The van der Waals surface area contributed by atoms with Gasteiger partial charge in [-0.1, -0.05) is 12.8 Å². The largest absolute Gasteiger partial charge is 0.0527 e. The maximum absolute atomic E-state index is 1.60. The van der Waals surface area contributed by atoms with E-state index in [1.807, 2.05) is 0 Å². The van der Waals surface area contributed by atoms with Crippen molar-refractivity contribution in [3.05, 3.63) is 0 Å². The second-order valence-corrected chi connectivity index (χ2v) is 4.23. The summed E-state index contributed by atoms with van der Waals surface area (Å²) in [6.07, 6.45) is 9.47. The van der Waals surface area contributed by atoms with Crippen molar-refractivity contribution >= 4 is 0 Å². The van der Waals surface area contributed by atoms with Crippen molar-refractivity contribution in [2.75, 3.05) is 0 Å². The maximum Gasteiger partial charge on any atom is -0.0235 e. The van der Waals surface area contributed by atoms with Crippen LogP contribution in [0.5, 0.6) is 0 Å². The van der Waals surface area contributed by atoms with Crippen molar-refractivity contribution < 1.29 is 0 Å². The molecule has 1 spiro atoms. The highest BCUT2D eigenvalue weighted by atomic mass is 14.7. The van der Waals surface area contributed by atoms with E-state index in [0.717, 1.165) is 5.41 Å². The van der Waals surface area contributed by atoms with E-state index in [4.69, 9.17) is 0 Å². The van der Waals surface area contributed by atoms with Gasteiger partial charge in [0.1, 0.15) is 0 Å². The summed E-state index contributed by atoms with van der Waals surface area (Å²) in [4.78, 5) is 0. The Labute approximate surface area is 56.6 Å². The third-order valence-corrected chi connectivity index (χ3v) is 4.18. The smallest absolute Gasteiger partial charge is 0.0235 e. The van der Waals surface area contributed by atoms with Crippen LogP contribution in [0.4, 0.5) is 0 Å². The van der Waals surface area contributed by atoms with Gasteiger partial charge in [-0.2, -0.15) is 0 Å². The minimum Gasteiger partial charge on any atom is -0.0527 e. The average molecular weight is 122 g/mol. The van der Waals surface area contributed by atoms with Gasteiger partial charge in [-0.05, 0) is 42.9 Å². The molecule has 0 radical (unpaired) electrons. The van der Waals surface area contributed by atoms with Crippen LogP contribution in [0.1, 0.15) is 38.5 Å². The monoisotopic (exact) mass is 122 g/mol.